The monoisotopic (exact) mass is 430 g/mol. The second-order valence-corrected chi connectivity index (χ2v) is 8.36. The Labute approximate surface area is 179 Å². The maximum Gasteiger partial charge on any atom is 0.305 e. The van der Waals surface area contributed by atoms with E-state index in [2.05, 4.69) is 17.9 Å². The Hall–Kier alpha value is -2.45. The van der Waals surface area contributed by atoms with Gasteiger partial charge in [-0.25, -0.2) is 0 Å². The molecule has 29 heavy (non-hydrogen) atoms. The largest absolute Gasteiger partial charge is 0.481 e. The molecular formula is C21H22N2O4S2. The van der Waals surface area contributed by atoms with Crippen LogP contribution in [0, 0.1) is 0 Å². The number of hydrogen-bond donors (Lipinski definition) is 3. The lowest BCUT2D eigenvalue weighted by molar-refractivity contribution is -0.136. The molecule has 0 saturated heterocycles. The second kappa shape index (κ2) is 9.84. The van der Waals surface area contributed by atoms with Crippen molar-refractivity contribution in [1.29, 1.82) is 0 Å². The number of thioether (sulfide) groups is 1. The Morgan fingerprint density at radius 3 is 2.59 bits per heavy atom. The molecule has 2 aromatic carbocycles. The van der Waals surface area contributed by atoms with E-state index in [1.54, 1.807) is 6.07 Å². The fraction of sp³-hybridized carbons (Fsp3) is 0.286. The Kier molecular flexibility index (Phi) is 7.22. The molecule has 152 valence electrons. The number of carboxylic acids is 1. The van der Waals surface area contributed by atoms with Gasteiger partial charge >= 0.3 is 5.97 Å². The zero-order chi connectivity index (χ0) is 20.8. The SMILES string of the molecule is O=C(O)CCN1C(=O)C(NC(=O)C(S)Cc2ccccc2)CSc2ccccc21. The molecule has 1 aliphatic heterocycles. The highest BCUT2D eigenvalue weighted by atomic mass is 32.2. The topological polar surface area (TPSA) is 86.7 Å². The molecule has 0 aliphatic carbocycles. The summed E-state index contributed by atoms with van der Waals surface area (Å²) >= 11 is 5.88. The van der Waals surface area contributed by atoms with E-state index in [1.807, 2.05) is 48.5 Å². The number of carbonyl (C=O) groups excluding carboxylic acids is 2. The summed E-state index contributed by atoms with van der Waals surface area (Å²) in [6.07, 6.45) is 0.279. The molecule has 0 bridgehead atoms. The Bertz CT molecular complexity index is 891. The fourth-order valence-electron chi connectivity index (χ4n) is 3.09. The summed E-state index contributed by atoms with van der Waals surface area (Å²) in [6.45, 7) is 0.0480. The molecule has 0 spiro atoms. The molecule has 1 aliphatic rings. The number of hydrogen-bond acceptors (Lipinski definition) is 5. The number of nitrogens with zero attached hydrogens (tertiary/aromatic N) is 1. The molecule has 0 radical (unpaired) electrons. The lowest BCUT2D eigenvalue weighted by atomic mass is 10.1. The number of anilines is 1. The molecule has 0 fully saturated rings. The fourth-order valence-corrected chi connectivity index (χ4v) is 4.45. The van der Waals surface area contributed by atoms with Crippen molar-refractivity contribution in [3.63, 3.8) is 0 Å². The lowest BCUT2D eigenvalue weighted by Crippen LogP contribution is -2.51. The number of nitrogens with one attached hydrogen (secondary N) is 1. The van der Waals surface area contributed by atoms with Crippen LogP contribution in [0.3, 0.4) is 0 Å². The molecule has 8 heteroatoms. The van der Waals surface area contributed by atoms with Crippen molar-refractivity contribution < 1.29 is 19.5 Å². The molecule has 2 unspecified atom stereocenters. The number of fused-ring (bicyclic) bond motifs is 1. The number of amides is 2. The van der Waals surface area contributed by atoms with Gasteiger partial charge in [0.2, 0.25) is 11.8 Å². The first-order chi connectivity index (χ1) is 14.0. The van der Waals surface area contributed by atoms with Gasteiger partial charge in [0.15, 0.2) is 0 Å². The van der Waals surface area contributed by atoms with Crippen molar-refractivity contribution in [2.45, 2.75) is 29.0 Å². The molecule has 0 saturated carbocycles. The average molecular weight is 431 g/mol. The minimum atomic E-state index is -0.981. The molecule has 1 heterocycles. The minimum absolute atomic E-state index is 0.0480. The number of aliphatic carboxylic acids is 1. The molecular weight excluding hydrogens is 408 g/mol. The van der Waals surface area contributed by atoms with Crippen LogP contribution in [0.4, 0.5) is 5.69 Å². The first-order valence-electron chi connectivity index (χ1n) is 9.23. The van der Waals surface area contributed by atoms with Gasteiger partial charge in [0, 0.05) is 17.2 Å². The summed E-state index contributed by atoms with van der Waals surface area (Å²) in [4.78, 5) is 39.2. The summed E-state index contributed by atoms with van der Waals surface area (Å²) in [5.41, 5.74) is 1.66. The number of thiol groups is 1. The number of para-hydroxylation sites is 1. The number of benzene rings is 2. The first kappa shape index (κ1) is 21.3. The molecule has 2 amide bonds. The van der Waals surface area contributed by atoms with E-state index in [0.29, 0.717) is 17.9 Å². The van der Waals surface area contributed by atoms with Gasteiger partial charge in [-0.05, 0) is 24.1 Å². The van der Waals surface area contributed by atoms with Gasteiger partial charge in [-0.2, -0.15) is 12.6 Å². The zero-order valence-electron chi connectivity index (χ0n) is 15.7. The summed E-state index contributed by atoms with van der Waals surface area (Å²) < 4.78 is 0. The van der Waals surface area contributed by atoms with Crippen LogP contribution >= 0.6 is 24.4 Å². The van der Waals surface area contributed by atoms with E-state index in [1.165, 1.54) is 16.7 Å². The van der Waals surface area contributed by atoms with Crippen molar-refractivity contribution in [2.75, 3.05) is 17.2 Å². The van der Waals surface area contributed by atoms with Crippen LogP contribution in [-0.4, -0.2) is 46.5 Å². The molecule has 6 nitrogen and oxygen atoms in total. The van der Waals surface area contributed by atoms with Crippen LogP contribution in [-0.2, 0) is 20.8 Å². The first-order valence-corrected chi connectivity index (χ1v) is 10.7. The normalized spacial score (nSPS) is 17.2. The minimum Gasteiger partial charge on any atom is -0.481 e. The molecule has 2 atom stereocenters. The Morgan fingerprint density at radius 1 is 1.17 bits per heavy atom. The maximum atomic E-state index is 13.1. The van der Waals surface area contributed by atoms with E-state index in [9.17, 15) is 14.4 Å². The highest BCUT2D eigenvalue weighted by Gasteiger charge is 2.32. The predicted molar refractivity (Wildman–Crippen MR) is 117 cm³/mol. The van der Waals surface area contributed by atoms with Crippen LogP contribution in [0.5, 0.6) is 0 Å². The van der Waals surface area contributed by atoms with Crippen molar-refractivity contribution in [3.05, 3.63) is 60.2 Å². The molecule has 2 N–H and O–H groups in total. The van der Waals surface area contributed by atoms with Crippen molar-refractivity contribution >= 4 is 47.9 Å². The number of carbonyl (C=O) groups is 3. The number of rotatable bonds is 7. The average Bonchev–Trinajstić information content (AvgIpc) is 2.84. The van der Waals surface area contributed by atoms with Gasteiger partial charge in [0.05, 0.1) is 17.4 Å². The van der Waals surface area contributed by atoms with Crippen molar-refractivity contribution in [1.82, 2.24) is 5.32 Å². The quantitative estimate of drug-likeness (QED) is 0.588. The maximum absolute atomic E-state index is 13.1. The Balaban J connectivity index is 1.73. The summed E-state index contributed by atoms with van der Waals surface area (Å²) in [5.74, 6) is -1.24. The standard InChI is InChI=1S/C21H22N2O4S2/c24-19(25)10-11-23-16-8-4-5-9-18(16)29-13-15(21(23)27)22-20(26)17(28)12-14-6-2-1-3-7-14/h1-9,15,17,28H,10-13H2,(H,22,26)(H,24,25). The van der Waals surface area contributed by atoms with Gasteiger partial charge in [-0.15, -0.1) is 11.8 Å². The van der Waals surface area contributed by atoms with E-state index < -0.39 is 17.3 Å². The molecule has 0 aromatic heterocycles. The third kappa shape index (κ3) is 5.55. The van der Waals surface area contributed by atoms with Gasteiger partial charge in [-0.3, -0.25) is 14.4 Å². The highest BCUT2D eigenvalue weighted by Crippen LogP contribution is 2.34. The highest BCUT2D eigenvalue weighted by molar-refractivity contribution is 7.99. The third-order valence-corrected chi connectivity index (χ3v) is 6.14. The molecule has 2 aromatic rings. The second-order valence-electron chi connectivity index (χ2n) is 6.68. The summed E-state index contributed by atoms with van der Waals surface area (Å²) in [5, 5.41) is 11.3. The number of carboxylic acid groups (broad SMARTS) is 1. The smallest absolute Gasteiger partial charge is 0.305 e. The van der Waals surface area contributed by atoms with Crippen LogP contribution in [0.1, 0.15) is 12.0 Å². The lowest BCUT2D eigenvalue weighted by Gasteiger charge is -2.26. The van der Waals surface area contributed by atoms with E-state index >= 15 is 0 Å². The third-order valence-electron chi connectivity index (χ3n) is 4.57. The van der Waals surface area contributed by atoms with Gasteiger partial charge in [0.1, 0.15) is 6.04 Å². The van der Waals surface area contributed by atoms with Crippen LogP contribution < -0.4 is 10.2 Å². The van der Waals surface area contributed by atoms with Crippen LogP contribution in [0.15, 0.2) is 59.5 Å². The van der Waals surface area contributed by atoms with Gasteiger partial charge in [-0.1, -0.05) is 42.5 Å². The van der Waals surface area contributed by atoms with Crippen molar-refractivity contribution in [2.24, 2.45) is 0 Å². The summed E-state index contributed by atoms with van der Waals surface area (Å²) in [6, 6.07) is 16.2. The molecule has 3 rings (SSSR count). The van der Waals surface area contributed by atoms with Gasteiger partial charge < -0.3 is 15.3 Å². The predicted octanol–water partition coefficient (Wildman–Crippen LogP) is 2.63. The van der Waals surface area contributed by atoms with E-state index in [-0.39, 0.29) is 24.8 Å². The Morgan fingerprint density at radius 2 is 1.86 bits per heavy atom. The van der Waals surface area contributed by atoms with E-state index in [0.717, 1.165) is 10.5 Å². The summed E-state index contributed by atoms with van der Waals surface area (Å²) in [7, 11) is 0. The van der Waals surface area contributed by atoms with Crippen LogP contribution in [0.25, 0.3) is 0 Å². The van der Waals surface area contributed by atoms with E-state index in [4.69, 9.17) is 5.11 Å². The zero-order valence-corrected chi connectivity index (χ0v) is 17.4. The van der Waals surface area contributed by atoms with Gasteiger partial charge in [0.25, 0.3) is 0 Å². The van der Waals surface area contributed by atoms with Crippen molar-refractivity contribution in [3.8, 4) is 0 Å². The van der Waals surface area contributed by atoms with Crippen LogP contribution in [0.2, 0.25) is 0 Å².